The minimum Gasteiger partial charge on any atom is -0.484 e. The molecule has 0 saturated carbocycles. The van der Waals surface area contributed by atoms with Crippen molar-refractivity contribution in [2.45, 2.75) is 13.1 Å². The minimum atomic E-state index is -4.42. The maximum absolute atomic E-state index is 12.9. The van der Waals surface area contributed by atoms with E-state index in [0.717, 1.165) is 23.4 Å². The molecule has 1 N–H and O–H groups in total. The van der Waals surface area contributed by atoms with Crippen LogP contribution in [0.5, 0.6) is 11.6 Å². The van der Waals surface area contributed by atoms with Crippen LogP contribution in [0.1, 0.15) is 11.3 Å². The molecule has 180 valence electrons. The molecule has 0 atom stereocenters. The first-order valence-electron chi connectivity index (χ1n) is 10.4. The van der Waals surface area contributed by atoms with E-state index in [1.807, 2.05) is 0 Å². The highest BCUT2D eigenvalue weighted by molar-refractivity contribution is 5.90. The normalized spacial score (nSPS) is 11.2. The van der Waals surface area contributed by atoms with E-state index in [1.165, 1.54) is 23.9 Å². The van der Waals surface area contributed by atoms with Gasteiger partial charge in [0.05, 0.1) is 24.1 Å². The van der Waals surface area contributed by atoms with Gasteiger partial charge in [0.2, 0.25) is 11.8 Å². The van der Waals surface area contributed by atoms with Crippen molar-refractivity contribution >= 4 is 11.9 Å². The summed E-state index contributed by atoms with van der Waals surface area (Å²) in [5.41, 5.74) is 1.67. The molecular formula is C24H20F3N5O3. The largest absolute Gasteiger partial charge is 0.484 e. The van der Waals surface area contributed by atoms with Crippen LogP contribution in [-0.4, -0.2) is 39.4 Å². The number of hydrogen-bond donors (Lipinski definition) is 1. The fourth-order valence-electron chi connectivity index (χ4n) is 3.17. The Kier molecular flexibility index (Phi) is 6.67. The van der Waals surface area contributed by atoms with Crippen LogP contribution in [0.25, 0.3) is 16.9 Å². The van der Waals surface area contributed by atoms with Gasteiger partial charge in [0.1, 0.15) is 5.75 Å². The zero-order chi connectivity index (χ0) is 25.0. The molecule has 0 aliphatic carbocycles. The number of aryl methyl sites for hydroxylation is 1. The molecule has 0 fully saturated rings. The van der Waals surface area contributed by atoms with Gasteiger partial charge in [0.15, 0.2) is 6.61 Å². The number of hydrogen-bond acceptors (Lipinski definition) is 6. The van der Waals surface area contributed by atoms with Crippen LogP contribution in [0.15, 0.2) is 66.9 Å². The van der Waals surface area contributed by atoms with Crippen LogP contribution < -0.4 is 14.8 Å². The number of nitrogens with one attached hydrogen (secondary N) is 1. The van der Waals surface area contributed by atoms with E-state index in [0.29, 0.717) is 23.0 Å². The highest BCUT2D eigenvalue weighted by Gasteiger charge is 2.30. The number of carbonyl (C=O) groups is 1. The summed E-state index contributed by atoms with van der Waals surface area (Å²) in [4.78, 5) is 20.1. The zero-order valence-electron chi connectivity index (χ0n) is 18.7. The van der Waals surface area contributed by atoms with Gasteiger partial charge in [0, 0.05) is 23.5 Å². The van der Waals surface area contributed by atoms with E-state index in [2.05, 4.69) is 20.4 Å². The minimum absolute atomic E-state index is 0.200. The molecule has 35 heavy (non-hydrogen) atoms. The third-order valence-corrected chi connectivity index (χ3v) is 4.89. The summed E-state index contributed by atoms with van der Waals surface area (Å²) in [5, 5.41) is 7.02. The lowest BCUT2D eigenvalue weighted by atomic mass is 10.1. The van der Waals surface area contributed by atoms with Gasteiger partial charge in [-0.3, -0.25) is 10.1 Å². The Bertz CT molecular complexity index is 1320. The summed E-state index contributed by atoms with van der Waals surface area (Å²) >= 11 is 0. The monoisotopic (exact) mass is 483 g/mol. The van der Waals surface area contributed by atoms with Crippen molar-refractivity contribution in [3.05, 3.63) is 78.1 Å². The molecule has 0 bridgehead atoms. The van der Waals surface area contributed by atoms with Gasteiger partial charge < -0.3 is 9.47 Å². The molecule has 0 saturated heterocycles. The Morgan fingerprint density at radius 3 is 2.40 bits per heavy atom. The highest BCUT2D eigenvalue weighted by Crippen LogP contribution is 2.31. The van der Waals surface area contributed by atoms with Gasteiger partial charge in [-0.25, -0.2) is 14.6 Å². The van der Waals surface area contributed by atoms with Gasteiger partial charge in [0.25, 0.3) is 5.91 Å². The molecule has 2 aromatic heterocycles. The molecule has 0 radical (unpaired) electrons. The van der Waals surface area contributed by atoms with Crippen LogP contribution in [0.3, 0.4) is 0 Å². The first-order chi connectivity index (χ1) is 16.7. The van der Waals surface area contributed by atoms with Crippen molar-refractivity contribution in [2.24, 2.45) is 0 Å². The average molecular weight is 483 g/mol. The van der Waals surface area contributed by atoms with Crippen molar-refractivity contribution in [3.63, 3.8) is 0 Å². The third kappa shape index (κ3) is 5.75. The van der Waals surface area contributed by atoms with Gasteiger partial charge in [-0.05, 0) is 61.5 Å². The maximum Gasteiger partial charge on any atom is 0.416 e. The summed E-state index contributed by atoms with van der Waals surface area (Å²) in [7, 11) is 1.45. The summed E-state index contributed by atoms with van der Waals surface area (Å²) in [5.74, 6) is 0.615. The molecule has 0 unspecified atom stereocenters. The predicted molar refractivity (Wildman–Crippen MR) is 121 cm³/mol. The number of benzene rings is 2. The fourth-order valence-corrected chi connectivity index (χ4v) is 3.17. The van der Waals surface area contributed by atoms with Gasteiger partial charge >= 0.3 is 6.18 Å². The SMILES string of the molecule is COc1cc(-c2ccc(OCC(=O)Nc3nccc(C)n3)cc2)nn1-c1ccc(C(F)(F)F)cc1. The molecule has 4 rings (SSSR count). The standard InChI is InChI=1S/C24H20F3N5O3/c1-15-11-12-28-23(29-15)30-21(33)14-35-19-9-3-16(4-10-19)20-13-22(34-2)32(31-20)18-7-5-17(6-8-18)24(25,26)27/h3-13H,14H2,1-2H3,(H,28,29,30,33). The van der Waals surface area contributed by atoms with Gasteiger partial charge in [-0.2, -0.15) is 18.3 Å². The quantitative estimate of drug-likeness (QED) is 0.410. The van der Waals surface area contributed by atoms with Crippen molar-refractivity contribution in [3.8, 4) is 28.6 Å². The first-order valence-corrected chi connectivity index (χ1v) is 10.4. The topological polar surface area (TPSA) is 91.2 Å². The van der Waals surface area contributed by atoms with Crippen LogP contribution in [0, 0.1) is 6.92 Å². The van der Waals surface area contributed by atoms with Crippen LogP contribution in [0.2, 0.25) is 0 Å². The second-order valence-electron chi connectivity index (χ2n) is 7.41. The Morgan fingerprint density at radius 1 is 1.06 bits per heavy atom. The lowest BCUT2D eigenvalue weighted by molar-refractivity contribution is -0.137. The molecule has 8 nitrogen and oxygen atoms in total. The number of halogens is 3. The van der Waals surface area contributed by atoms with Crippen molar-refractivity contribution in [1.29, 1.82) is 0 Å². The number of carbonyl (C=O) groups excluding carboxylic acids is 1. The first kappa shape index (κ1) is 23.7. The molecule has 0 aliphatic rings. The van der Waals surface area contributed by atoms with E-state index in [4.69, 9.17) is 9.47 Å². The molecule has 2 aromatic carbocycles. The van der Waals surface area contributed by atoms with Crippen LogP contribution >= 0.6 is 0 Å². The van der Waals surface area contributed by atoms with E-state index in [-0.39, 0.29) is 12.6 Å². The number of nitrogens with zero attached hydrogens (tertiary/aromatic N) is 4. The number of methoxy groups -OCH3 is 1. The fraction of sp³-hybridized carbons (Fsp3) is 0.167. The molecule has 0 aliphatic heterocycles. The Hall–Kier alpha value is -4.41. The Morgan fingerprint density at radius 2 is 1.77 bits per heavy atom. The summed E-state index contributed by atoms with van der Waals surface area (Å²) in [6.07, 6.45) is -2.87. The summed E-state index contributed by atoms with van der Waals surface area (Å²) < 4.78 is 50.8. The molecule has 0 spiro atoms. The smallest absolute Gasteiger partial charge is 0.416 e. The number of alkyl halides is 3. The molecule has 4 aromatic rings. The van der Waals surface area contributed by atoms with E-state index in [1.54, 1.807) is 49.5 Å². The number of rotatable bonds is 7. The van der Waals surface area contributed by atoms with Crippen LogP contribution in [0.4, 0.5) is 19.1 Å². The second kappa shape index (κ2) is 9.84. The van der Waals surface area contributed by atoms with Crippen LogP contribution in [-0.2, 0) is 11.0 Å². The van der Waals surface area contributed by atoms with E-state index >= 15 is 0 Å². The second-order valence-corrected chi connectivity index (χ2v) is 7.41. The van der Waals surface area contributed by atoms with E-state index in [9.17, 15) is 18.0 Å². The van der Waals surface area contributed by atoms with E-state index < -0.39 is 17.6 Å². The van der Waals surface area contributed by atoms with Gasteiger partial charge in [-0.15, -0.1) is 0 Å². The number of amides is 1. The number of ether oxygens (including phenoxy) is 2. The maximum atomic E-state index is 12.9. The Labute approximate surface area is 198 Å². The molecule has 11 heteroatoms. The summed E-state index contributed by atoms with van der Waals surface area (Å²) in [6, 6.07) is 14.9. The molecule has 1 amide bonds. The highest BCUT2D eigenvalue weighted by atomic mass is 19.4. The zero-order valence-corrected chi connectivity index (χ0v) is 18.7. The molecule has 2 heterocycles. The number of aromatic nitrogens is 4. The third-order valence-electron chi connectivity index (χ3n) is 4.89. The average Bonchev–Trinajstić information content (AvgIpc) is 3.27. The lowest BCUT2D eigenvalue weighted by Crippen LogP contribution is -2.21. The Balaban J connectivity index is 1.43. The lowest BCUT2D eigenvalue weighted by Gasteiger charge is -2.09. The van der Waals surface area contributed by atoms with Crippen molar-refractivity contribution < 1.29 is 27.4 Å². The van der Waals surface area contributed by atoms with Crippen molar-refractivity contribution in [1.82, 2.24) is 19.7 Å². The van der Waals surface area contributed by atoms with Crippen molar-refractivity contribution in [2.75, 3.05) is 19.0 Å². The summed E-state index contributed by atoms with van der Waals surface area (Å²) in [6.45, 7) is 1.56. The number of anilines is 1. The van der Waals surface area contributed by atoms with Gasteiger partial charge in [-0.1, -0.05) is 0 Å². The predicted octanol–water partition coefficient (Wildman–Crippen LogP) is 4.68. The molecular weight excluding hydrogens is 463 g/mol.